The summed E-state index contributed by atoms with van der Waals surface area (Å²) in [5.41, 5.74) is 8.16. The Bertz CT molecular complexity index is 643. The standard InChI is InChI=1S/C21H29NO3/c1-15(2)9-11-18(23)21(22)17-10-12-19(20(13-17)24-3)25-14-16-7-5-4-6-8-16/h4-8,10,12-13,15,18,21,23H,9,11,14,22H2,1-3H3/t18-,21+/m1/s1. The Hall–Kier alpha value is -2.04. The van der Waals surface area contributed by atoms with Crippen LogP contribution < -0.4 is 15.2 Å². The Labute approximate surface area is 150 Å². The van der Waals surface area contributed by atoms with Gasteiger partial charge in [0.2, 0.25) is 0 Å². The molecular weight excluding hydrogens is 314 g/mol. The van der Waals surface area contributed by atoms with E-state index in [1.165, 1.54) is 0 Å². The van der Waals surface area contributed by atoms with Crippen LogP contribution in [-0.4, -0.2) is 18.3 Å². The Morgan fingerprint density at radius 1 is 1.00 bits per heavy atom. The molecule has 4 nitrogen and oxygen atoms in total. The van der Waals surface area contributed by atoms with Crippen LogP contribution in [0, 0.1) is 5.92 Å². The first-order valence-electron chi connectivity index (χ1n) is 8.79. The fraction of sp³-hybridized carbons (Fsp3) is 0.429. The molecule has 0 radical (unpaired) electrons. The third-order valence-corrected chi connectivity index (χ3v) is 4.26. The zero-order valence-electron chi connectivity index (χ0n) is 15.3. The number of rotatable bonds is 9. The Kier molecular flexibility index (Phi) is 7.29. The van der Waals surface area contributed by atoms with Crippen molar-refractivity contribution in [1.82, 2.24) is 0 Å². The van der Waals surface area contributed by atoms with Crippen molar-refractivity contribution in [3.8, 4) is 11.5 Å². The summed E-state index contributed by atoms with van der Waals surface area (Å²) in [6.07, 6.45) is 1.07. The van der Waals surface area contributed by atoms with Crippen LogP contribution in [0.5, 0.6) is 11.5 Å². The molecule has 0 aliphatic heterocycles. The maximum Gasteiger partial charge on any atom is 0.161 e. The van der Waals surface area contributed by atoms with Crippen LogP contribution in [0.3, 0.4) is 0 Å². The van der Waals surface area contributed by atoms with Gasteiger partial charge in [0, 0.05) is 0 Å². The smallest absolute Gasteiger partial charge is 0.161 e. The third kappa shape index (κ3) is 5.76. The maximum absolute atomic E-state index is 10.3. The molecule has 0 aromatic heterocycles. The van der Waals surface area contributed by atoms with Crippen molar-refractivity contribution < 1.29 is 14.6 Å². The summed E-state index contributed by atoms with van der Waals surface area (Å²) in [5, 5.41) is 10.3. The minimum atomic E-state index is -0.566. The average Bonchev–Trinajstić information content (AvgIpc) is 2.64. The van der Waals surface area contributed by atoms with Gasteiger partial charge in [-0.15, -0.1) is 0 Å². The molecule has 25 heavy (non-hydrogen) atoms. The fourth-order valence-electron chi connectivity index (χ4n) is 2.65. The predicted octanol–water partition coefficient (Wildman–Crippen LogP) is 4.07. The van der Waals surface area contributed by atoms with Crippen LogP contribution in [0.2, 0.25) is 0 Å². The van der Waals surface area contributed by atoms with E-state index < -0.39 is 12.1 Å². The molecular formula is C21H29NO3. The number of hydrogen-bond donors (Lipinski definition) is 2. The van der Waals surface area contributed by atoms with Crippen molar-refractivity contribution in [3.63, 3.8) is 0 Å². The van der Waals surface area contributed by atoms with E-state index in [4.69, 9.17) is 15.2 Å². The molecule has 0 amide bonds. The number of aliphatic hydroxyl groups is 1. The molecule has 2 atom stereocenters. The lowest BCUT2D eigenvalue weighted by Gasteiger charge is -2.21. The molecule has 0 heterocycles. The average molecular weight is 343 g/mol. The van der Waals surface area contributed by atoms with Gasteiger partial charge in [0.1, 0.15) is 6.61 Å². The van der Waals surface area contributed by atoms with Gasteiger partial charge in [0.25, 0.3) is 0 Å². The van der Waals surface area contributed by atoms with Crippen molar-refractivity contribution in [2.45, 2.75) is 45.4 Å². The number of benzene rings is 2. The summed E-state index contributed by atoms with van der Waals surface area (Å²) in [6, 6.07) is 15.1. The lowest BCUT2D eigenvalue weighted by Crippen LogP contribution is -2.26. The SMILES string of the molecule is COc1cc([C@H](N)[C@H](O)CCC(C)C)ccc1OCc1ccccc1. The molecule has 0 fully saturated rings. The van der Waals surface area contributed by atoms with Gasteiger partial charge in [-0.3, -0.25) is 0 Å². The summed E-state index contributed by atoms with van der Waals surface area (Å²) in [7, 11) is 1.61. The van der Waals surface area contributed by atoms with Crippen LogP contribution in [0.1, 0.15) is 43.9 Å². The predicted molar refractivity (Wildman–Crippen MR) is 101 cm³/mol. The monoisotopic (exact) mass is 343 g/mol. The molecule has 0 spiro atoms. The van der Waals surface area contributed by atoms with E-state index in [-0.39, 0.29) is 0 Å². The van der Waals surface area contributed by atoms with Gasteiger partial charge < -0.3 is 20.3 Å². The van der Waals surface area contributed by atoms with Gasteiger partial charge in [-0.05, 0) is 42.0 Å². The Morgan fingerprint density at radius 3 is 2.36 bits per heavy atom. The van der Waals surface area contributed by atoms with E-state index in [0.717, 1.165) is 17.5 Å². The van der Waals surface area contributed by atoms with Crippen LogP contribution >= 0.6 is 0 Å². The highest BCUT2D eigenvalue weighted by atomic mass is 16.5. The van der Waals surface area contributed by atoms with Gasteiger partial charge in [0.15, 0.2) is 11.5 Å². The number of aliphatic hydroxyl groups excluding tert-OH is 1. The molecule has 2 aromatic carbocycles. The van der Waals surface area contributed by atoms with Gasteiger partial charge in [-0.1, -0.05) is 50.2 Å². The van der Waals surface area contributed by atoms with E-state index in [2.05, 4.69) is 13.8 Å². The van der Waals surface area contributed by atoms with Crippen LogP contribution in [-0.2, 0) is 6.61 Å². The van der Waals surface area contributed by atoms with Gasteiger partial charge >= 0.3 is 0 Å². The third-order valence-electron chi connectivity index (χ3n) is 4.26. The van der Waals surface area contributed by atoms with Gasteiger partial charge in [0.05, 0.1) is 19.3 Å². The maximum atomic E-state index is 10.3. The van der Waals surface area contributed by atoms with E-state index >= 15 is 0 Å². The fourth-order valence-corrected chi connectivity index (χ4v) is 2.65. The summed E-state index contributed by atoms with van der Waals surface area (Å²) >= 11 is 0. The number of nitrogens with two attached hydrogens (primary N) is 1. The van der Waals surface area contributed by atoms with E-state index in [0.29, 0.717) is 30.4 Å². The van der Waals surface area contributed by atoms with Crippen LogP contribution in [0.15, 0.2) is 48.5 Å². The van der Waals surface area contributed by atoms with Crippen molar-refractivity contribution in [2.75, 3.05) is 7.11 Å². The molecule has 2 rings (SSSR count). The first-order chi connectivity index (χ1) is 12.0. The molecule has 0 aliphatic carbocycles. The minimum absolute atomic E-state index is 0.434. The molecule has 136 valence electrons. The summed E-state index contributed by atoms with van der Waals surface area (Å²) < 4.78 is 11.3. The van der Waals surface area contributed by atoms with E-state index in [1.807, 2.05) is 48.5 Å². The zero-order valence-corrected chi connectivity index (χ0v) is 15.3. The second-order valence-electron chi connectivity index (χ2n) is 6.75. The highest BCUT2D eigenvalue weighted by Crippen LogP contribution is 2.32. The quantitative estimate of drug-likeness (QED) is 0.720. The number of methoxy groups -OCH3 is 1. The highest BCUT2D eigenvalue weighted by molar-refractivity contribution is 5.44. The van der Waals surface area contributed by atoms with Crippen LogP contribution in [0.4, 0.5) is 0 Å². The molecule has 0 unspecified atom stereocenters. The number of ether oxygens (including phenoxy) is 2. The van der Waals surface area contributed by atoms with Crippen molar-refractivity contribution in [1.29, 1.82) is 0 Å². The second kappa shape index (κ2) is 9.44. The van der Waals surface area contributed by atoms with Crippen molar-refractivity contribution in [3.05, 3.63) is 59.7 Å². The Morgan fingerprint density at radius 2 is 1.72 bits per heavy atom. The molecule has 0 saturated carbocycles. The molecule has 2 aromatic rings. The topological polar surface area (TPSA) is 64.7 Å². The zero-order chi connectivity index (χ0) is 18.2. The summed E-state index contributed by atoms with van der Waals surface area (Å²) in [4.78, 5) is 0. The lowest BCUT2D eigenvalue weighted by atomic mass is 9.96. The second-order valence-corrected chi connectivity index (χ2v) is 6.75. The van der Waals surface area contributed by atoms with Gasteiger partial charge in [-0.2, -0.15) is 0 Å². The summed E-state index contributed by atoms with van der Waals surface area (Å²) in [6.45, 7) is 4.75. The molecule has 0 saturated heterocycles. The highest BCUT2D eigenvalue weighted by Gasteiger charge is 2.19. The van der Waals surface area contributed by atoms with Crippen molar-refractivity contribution >= 4 is 0 Å². The number of hydrogen-bond acceptors (Lipinski definition) is 4. The largest absolute Gasteiger partial charge is 0.493 e. The summed E-state index contributed by atoms with van der Waals surface area (Å²) in [5.74, 6) is 1.84. The van der Waals surface area contributed by atoms with Gasteiger partial charge in [-0.25, -0.2) is 0 Å². The first kappa shape index (κ1) is 19.3. The normalized spacial score (nSPS) is 13.5. The van der Waals surface area contributed by atoms with Crippen molar-refractivity contribution in [2.24, 2.45) is 11.7 Å². The molecule has 0 aliphatic rings. The van der Waals surface area contributed by atoms with E-state index in [9.17, 15) is 5.11 Å². The minimum Gasteiger partial charge on any atom is -0.493 e. The van der Waals surface area contributed by atoms with Crippen LogP contribution in [0.25, 0.3) is 0 Å². The molecule has 4 heteroatoms. The Balaban J connectivity index is 2.04. The molecule has 0 bridgehead atoms. The first-order valence-corrected chi connectivity index (χ1v) is 8.79. The lowest BCUT2D eigenvalue weighted by molar-refractivity contribution is 0.128. The van der Waals surface area contributed by atoms with E-state index in [1.54, 1.807) is 7.11 Å². The molecule has 3 N–H and O–H groups in total.